The number of rotatable bonds is 5. The van der Waals surface area contributed by atoms with E-state index < -0.39 is 15.6 Å². The zero-order valence-corrected chi connectivity index (χ0v) is 10.4. The summed E-state index contributed by atoms with van der Waals surface area (Å²) in [6, 6.07) is 9.06. The first kappa shape index (κ1) is 13.2. The summed E-state index contributed by atoms with van der Waals surface area (Å²) in [5, 5.41) is 0. The van der Waals surface area contributed by atoms with Crippen LogP contribution >= 0.6 is 0 Å². The Morgan fingerprint density at radius 2 is 1.81 bits per heavy atom. The molecule has 1 aromatic carbocycles. The topological polar surface area (TPSA) is 72.2 Å². The van der Waals surface area contributed by atoms with Gasteiger partial charge < -0.3 is 5.73 Å². The molecule has 4 nitrogen and oxygen atoms in total. The predicted molar refractivity (Wildman–Crippen MR) is 65.3 cm³/mol. The molecule has 0 heterocycles. The van der Waals surface area contributed by atoms with Crippen molar-refractivity contribution in [3.05, 3.63) is 35.9 Å². The lowest BCUT2D eigenvalue weighted by Gasteiger charge is -2.18. The highest BCUT2D eigenvalue weighted by Crippen LogP contribution is 2.04. The van der Waals surface area contributed by atoms with Crippen LogP contribution in [0.1, 0.15) is 19.4 Å². The second-order valence-electron chi connectivity index (χ2n) is 4.55. The minimum atomic E-state index is -3.30. The summed E-state index contributed by atoms with van der Waals surface area (Å²) in [6.45, 7) is 3.79. The first-order chi connectivity index (χ1) is 7.29. The molecule has 0 spiro atoms. The number of benzene rings is 1. The quantitative estimate of drug-likeness (QED) is 0.803. The van der Waals surface area contributed by atoms with Gasteiger partial charge in [0, 0.05) is 12.1 Å². The average Bonchev–Trinajstić information content (AvgIpc) is 2.15. The Labute approximate surface area is 96.9 Å². The normalized spacial score (nSPS) is 12.7. The first-order valence-electron chi connectivity index (χ1n) is 5.09. The van der Waals surface area contributed by atoms with Crippen LogP contribution in [-0.2, 0) is 15.8 Å². The summed E-state index contributed by atoms with van der Waals surface area (Å²) in [7, 11) is -3.30. The van der Waals surface area contributed by atoms with E-state index in [4.69, 9.17) is 5.73 Å². The highest BCUT2D eigenvalue weighted by Gasteiger charge is 2.16. The van der Waals surface area contributed by atoms with Gasteiger partial charge in [-0.25, -0.2) is 13.1 Å². The van der Waals surface area contributed by atoms with Gasteiger partial charge in [0.2, 0.25) is 10.0 Å². The van der Waals surface area contributed by atoms with Gasteiger partial charge in [0.15, 0.2) is 0 Å². The van der Waals surface area contributed by atoms with E-state index in [9.17, 15) is 8.42 Å². The number of hydrogen-bond acceptors (Lipinski definition) is 3. The molecule has 5 heteroatoms. The summed E-state index contributed by atoms with van der Waals surface area (Å²) in [4.78, 5) is 0. The van der Waals surface area contributed by atoms with Gasteiger partial charge in [0.25, 0.3) is 0 Å². The van der Waals surface area contributed by atoms with Gasteiger partial charge in [-0.3, -0.25) is 0 Å². The molecule has 0 unspecified atom stereocenters. The third-order valence-electron chi connectivity index (χ3n) is 1.95. The van der Waals surface area contributed by atoms with Crippen molar-refractivity contribution >= 4 is 10.0 Å². The van der Waals surface area contributed by atoms with Crippen molar-refractivity contribution < 1.29 is 8.42 Å². The lowest BCUT2D eigenvalue weighted by Crippen LogP contribution is -2.45. The monoisotopic (exact) mass is 242 g/mol. The fourth-order valence-electron chi connectivity index (χ4n) is 1.14. The number of nitrogens with one attached hydrogen (secondary N) is 1. The summed E-state index contributed by atoms with van der Waals surface area (Å²) in [5.74, 6) is -0.0100. The van der Waals surface area contributed by atoms with Crippen LogP contribution in [0.2, 0.25) is 0 Å². The molecule has 0 saturated carbocycles. The van der Waals surface area contributed by atoms with E-state index in [-0.39, 0.29) is 12.3 Å². The molecule has 0 aliphatic rings. The first-order valence-corrected chi connectivity index (χ1v) is 6.74. The average molecular weight is 242 g/mol. The van der Waals surface area contributed by atoms with E-state index in [1.165, 1.54) is 0 Å². The van der Waals surface area contributed by atoms with Gasteiger partial charge in [0.05, 0.1) is 5.75 Å². The van der Waals surface area contributed by atoms with Crippen molar-refractivity contribution in [2.45, 2.75) is 25.1 Å². The van der Waals surface area contributed by atoms with E-state index >= 15 is 0 Å². The molecule has 90 valence electrons. The maximum absolute atomic E-state index is 11.7. The van der Waals surface area contributed by atoms with Crippen molar-refractivity contribution in [2.24, 2.45) is 5.73 Å². The maximum Gasteiger partial charge on any atom is 0.215 e. The molecular formula is C11H18N2O2S. The van der Waals surface area contributed by atoms with Gasteiger partial charge >= 0.3 is 0 Å². The van der Waals surface area contributed by atoms with Crippen molar-refractivity contribution in [1.82, 2.24) is 4.72 Å². The molecule has 3 N–H and O–H groups in total. The molecule has 0 radical (unpaired) electrons. The van der Waals surface area contributed by atoms with Crippen molar-refractivity contribution in [2.75, 3.05) is 6.54 Å². The Hall–Kier alpha value is -0.910. The molecule has 1 rings (SSSR count). The van der Waals surface area contributed by atoms with Crippen LogP contribution < -0.4 is 10.5 Å². The van der Waals surface area contributed by atoms with E-state index in [0.29, 0.717) is 0 Å². The Balaban J connectivity index is 2.60. The molecule has 0 aliphatic heterocycles. The van der Waals surface area contributed by atoms with Gasteiger partial charge in [-0.1, -0.05) is 30.3 Å². The lowest BCUT2D eigenvalue weighted by atomic mass is 10.1. The summed E-state index contributed by atoms with van der Waals surface area (Å²) >= 11 is 0. The van der Waals surface area contributed by atoms with E-state index in [2.05, 4.69) is 4.72 Å². The minimum Gasteiger partial charge on any atom is -0.324 e. The Kier molecular flexibility index (Phi) is 4.07. The Morgan fingerprint density at radius 3 is 2.31 bits per heavy atom. The zero-order chi connectivity index (χ0) is 12.2. The second-order valence-corrected chi connectivity index (χ2v) is 6.36. The fourth-order valence-corrected chi connectivity index (χ4v) is 2.47. The van der Waals surface area contributed by atoms with Crippen molar-refractivity contribution in [1.29, 1.82) is 0 Å². The second kappa shape index (κ2) is 4.95. The third-order valence-corrected chi connectivity index (χ3v) is 3.24. The van der Waals surface area contributed by atoms with Crippen LogP contribution in [0.15, 0.2) is 30.3 Å². The molecule has 0 saturated heterocycles. The van der Waals surface area contributed by atoms with Gasteiger partial charge in [0.1, 0.15) is 0 Å². The molecule has 0 aromatic heterocycles. The minimum absolute atomic E-state index is 0.0100. The standard InChI is InChI=1S/C11H18N2O2S/c1-11(2,12)9-13-16(14,15)8-10-6-4-3-5-7-10/h3-7,13H,8-9,12H2,1-2H3. The third kappa shape index (κ3) is 5.25. The van der Waals surface area contributed by atoms with Crippen LogP contribution in [0.25, 0.3) is 0 Å². The van der Waals surface area contributed by atoms with E-state index in [1.807, 2.05) is 18.2 Å². The molecule has 0 bridgehead atoms. The van der Waals surface area contributed by atoms with E-state index in [1.54, 1.807) is 26.0 Å². The molecule has 0 fully saturated rings. The number of nitrogens with two attached hydrogens (primary N) is 1. The highest BCUT2D eigenvalue weighted by atomic mass is 32.2. The smallest absolute Gasteiger partial charge is 0.215 e. The maximum atomic E-state index is 11.7. The summed E-state index contributed by atoms with van der Waals surface area (Å²) in [6.07, 6.45) is 0. The molecule has 0 aliphatic carbocycles. The Morgan fingerprint density at radius 1 is 1.25 bits per heavy atom. The Bertz CT molecular complexity index is 421. The highest BCUT2D eigenvalue weighted by molar-refractivity contribution is 7.88. The van der Waals surface area contributed by atoms with Gasteiger partial charge in [-0.2, -0.15) is 0 Å². The van der Waals surface area contributed by atoms with Crippen LogP contribution in [0, 0.1) is 0 Å². The predicted octanol–water partition coefficient (Wildman–Crippen LogP) is 0.843. The molecular weight excluding hydrogens is 224 g/mol. The molecule has 0 atom stereocenters. The molecule has 16 heavy (non-hydrogen) atoms. The van der Waals surface area contributed by atoms with Crippen LogP contribution in [0.5, 0.6) is 0 Å². The number of hydrogen-bond donors (Lipinski definition) is 2. The summed E-state index contributed by atoms with van der Waals surface area (Å²) in [5.41, 5.74) is 5.94. The fraction of sp³-hybridized carbons (Fsp3) is 0.455. The van der Waals surface area contributed by atoms with E-state index in [0.717, 1.165) is 5.56 Å². The summed E-state index contributed by atoms with van der Waals surface area (Å²) < 4.78 is 25.9. The SMILES string of the molecule is CC(C)(N)CNS(=O)(=O)Cc1ccccc1. The molecule has 1 aromatic rings. The van der Waals surface area contributed by atoms with Crippen molar-refractivity contribution in [3.8, 4) is 0 Å². The van der Waals surface area contributed by atoms with Gasteiger partial charge in [-0.15, -0.1) is 0 Å². The van der Waals surface area contributed by atoms with Crippen LogP contribution in [0.4, 0.5) is 0 Å². The largest absolute Gasteiger partial charge is 0.324 e. The van der Waals surface area contributed by atoms with Crippen LogP contribution in [0.3, 0.4) is 0 Å². The van der Waals surface area contributed by atoms with Crippen molar-refractivity contribution in [3.63, 3.8) is 0 Å². The van der Waals surface area contributed by atoms with Gasteiger partial charge in [-0.05, 0) is 19.4 Å². The zero-order valence-electron chi connectivity index (χ0n) is 9.60. The molecule has 0 amide bonds. The lowest BCUT2D eigenvalue weighted by molar-refractivity contribution is 0.497. The van der Waals surface area contributed by atoms with Crippen LogP contribution in [-0.4, -0.2) is 20.5 Å². The number of sulfonamides is 1.